The van der Waals surface area contributed by atoms with Crippen molar-refractivity contribution in [2.75, 3.05) is 11.1 Å². The van der Waals surface area contributed by atoms with Gasteiger partial charge in [-0.1, -0.05) is 19.3 Å². The Morgan fingerprint density at radius 1 is 1.30 bits per heavy atom. The zero-order valence-electron chi connectivity index (χ0n) is 11.7. The van der Waals surface area contributed by atoms with Gasteiger partial charge in [-0.15, -0.1) is 0 Å². The fourth-order valence-corrected chi connectivity index (χ4v) is 2.73. The number of carbonyl (C=O) groups is 1. The van der Waals surface area contributed by atoms with Crippen molar-refractivity contribution in [2.45, 2.75) is 51.2 Å². The van der Waals surface area contributed by atoms with E-state index in [1.165, 1.54) is 0 Å². The number of benzene rings is 1. The molecule has 1 saturated carbocycles. The number of hydrogen-bond donors (Lipinski definition) is 4. The maximum absolute atomic E-state index is 11.2. The first-order valence-corrected chi connectivity index (χ1v) is 7.07. The smallest absolute Gasteiger partial charge is 0.337 e. The van der Waals surface area contributed by atoms with Crippen molar-refractivity contribution < 1.29 is 15.0 Å². The molecule has 2 atom stereocenters. The molecule has 0 spiro atoms. The van der Waals surface area contributed by atoms with Crippen LogP contribution in [-0.2, 0) is 0 Å². The van der Waals surface area contributed by atoms with Crippen LogP contribution in [0.2, 0.25) is 0 Å². The Morgan fingerprint density at radius 3 is 2.70 bits per heavy atom. The van der Waals surface area contributed by atoms with E-state index in [4.69, 9.17) is 10.8 Å². The second-order valence-corrected chi connectivity index (χ2v) is 5.52. The molecule has 0 radical (unpaired) electrons. The summed E-state index contributed by atoms with van der Waals surface area (Å²) in [5.74, 6) is -1.03. The summed E-state index contributed by atoms with van der Waals surface area (Å²) >= 11 is 0. The van der Waals surface area contributed by atoms with Gasteiger partial charge in [0.25, 0.3) is 0 Å². The molecule has 1 aliphatic carbocycles. The molecule has 5 nitrogen and oxygen atoms in total. The Bertz CT molecular complexity index is 502. The number of nitrogens with one attached hydrogen (secondary N) is 1. The Hall–Kier alpha value is -1.75. The number of carboxylic acids is 1. The molecule has 1 fully saturated rings. The van der Waals surface area contributed by atoms with E-state index in [1.807, 2.05) is 6.07 Å². The number of rotatable bonds is 3. The van der Waals surface area contributed by atoms with Gasteiger partial charge in [0.05, 0.1) is 17.7 Å². The van der Waals surface area contributed by atoms with Gasteiger partial charge in [-0.25, -0.2) is 4.79 Å². The number of nitrogens with two attached hydrogens (primary N) is 1. The average molecular weight is 278 g/mol. The normalized spacial score (nSPS) is 23.1. The van der Waals surface area contributed by atoms with Gasteiger partial charge >= 0.3 is 5.97 Å². The van der Waals surface area contributed by atoms with E-state index >= 15 is 0 Å². The second kappa shape index (κ2) is 6.13. The van der Waals surface area contributed by atoms with Gasteiger partial charge in [0.15, 0.2) is 0 Å². The number of hydrogen-bond acceptors (Lipinski definition) is 4. The highest BCUT2D eigenvalue weighted by atomic mass is 16.4. The van der Waals surface area contributed by atoms with Crippen LogP contribution in [-0.4, -0.2) is 28.3 Å². The average Bonchev–Trinajstić information content (AvgIpc) is 2.59. The molecule has 5 heteroatoms. The van der Waals surface area contributed by atoms with E-state index in [-0.39, 0.29) is 17.7 Å². The topological polar surface area (TPSA) is 95.6 Å². The first-order valence-electron chi connectivity index (χ1n) is 7.07. The minimum atomic E-state index is -1.03. The molecule has 110 valence electrons. The summed E-state index contributed by atoms with van der Waals surface area (Å²) < 4.78 is 0. The molecule has 5 N–H and O–H groups in total. The summed E-state index contributed by atoms with van der Waals surface area (Å²) in [6.07, 6.45) is 4.55. The van der Waals surface area contributed by atoms with Gasteiger partial charge in [0.2, 0.25) is 0 Å². The summed E-state index contributed by atoms with van der Waals surface area (Å²) in [5, 5.41) is 22.5. The third kappa shape index (κ3) is 3.22. The van der Waals surface area contributed by atoms with E-state index in [2.05, 4.69) is 5.32 Å². The fraction of sp³-hybridized carbons (Fsp3) is 0.533. The monoisotopic (exact) mass is 278 g/mol. The molecule has 2 unspecified atom stereocenters. The molecular weight excluding hydrogens is 256 g/mol. The molecule has 0 saturated heterocycles. The molecular formula is C15H22N2O3. The lowest BCUT2D eigenvalue weighted by molar-refractivity contribution is 0.0698. The quantitative estimate of drug-likeness (QED) is 0.503. The summed E-state index contributed by atoms with van der Waals surface area (Å²) in [4.78, 5) is 11.2. The zero-order valence-corrected chi connectivity index (χ0v) is 11.7. The molecule has 1 aromatic carbocycles. The highest BCUT2D eigenvalue weighted by Gasteiger charge is 2.22. The number of anilines is 2. The SMILES string of the molecule is Cc1cc(NC2CCCCCC2O)cc(C(=O)O)c1N. The molecule has 0 amide bonds. The molecule has 0 aromatic heterocycles. The highest BCUT2D eigenvalue weighted by molar-refractivity contribution is 5.95. The van der Waals surface area contributed by atoms with Crippen LogP contribution < -0.4 is 11.1 Å². The second-order valence-electron chi connectivity index (χ2n) is 5.52. The number of aromatic carboxylic acids is 1. The number of carboxylic acid groups (broad SMARTS) is 1. The molecule has 1 aromatic rings. The van der Waals surface area contributed by atoms with Gasteiger partial charge in [-0.2, -0.15) is 0 Å². The van der Waals surface area contributed by atoms with Crippen LogP contribution in [0.5, 0.6) is 0 Å². The summed E-state index contributed by atoms with van der Waals surface area (Å²) in [6, 6.07) is 3.35. The zero-order chi connectivity index (χ0) is 14.7. The van der Waals surface area contributed by atoms with E-state index in [9.17, 15) is 9.90 Å². The van der Waals surface area contributed by atoms with Crippen molar-refractivity contribution in [3.8, 4) is 0 Å². The number of aliphatic hydroxyl groups is 1. The van der Waals surface area contributed by atoms with Crippen molar-refractivity contribution in [3.63, 3.8) is 0 Å². The van der Waals surface area contributed by atoms with Crippen molar-refractivity contribution in [1.82, 2.24) is 0 Å². The highest BCUT2D eigenvalue weighted by Crippen LogP contribution is 2.26. The number of nitrogen functional groups attached to an aromatic ring is 1. The Morgan fingerprint density at radius 2 is 2.00 bits per heavy atom. The largest absolute Gasteiger partial charge is 0.478 e. The lowest BCUT2D eigenvalue weighted by Crippen LogP contribution is -2.32. The third-order valence-electron chi connectivity index (χ3n) is 3.95. The van der Waals surface area contributed by atoms with Gasteiger partial charge in [-0.05, 0) is 37.5 Å². The van der Waals surface area contributed by atoms with E-state index in [0.29, 0.717) is 11.4 Å². The van der Waals surface area contributed by atoms with Crippen molar-refractivity contribution in [1.29, 1.82) is 0 Å². The van der Waals surface area contributed by atoms with Crippen LogP contribution in [0.25, 0.3) is 0 Å². The maximum Gasteiger partial charge on any atom is 0.337 e. The van der Waals surface area contributed by atoms with Crippen molar-refractivity contribution in [3.05, 3.63) is 23.3 Å². The molecule has 20 heavy (non-hydrogen) atoms. The Kier molecular flexibility index (Phi) is 4.49. The lowest BCUT2D eigenvalue weighted by Gasteiger charge is -2.23. The van der Waals surface area contributed by atoms with E-state index in [1.54, 1.807) is 13.0 Å². The first-order chi connectivity index (χ1) is 9.49. The fourth-order valence-electron chi connectivity index (χ4n) is 2.73. The van der Waals surface area contributed by atoms with E-state index in [0.717, 1.165) is 37.7 Å². The molecule has 2 rings (SSSR count). The molecule has 0 bridgehead atoms. The summed E-state index contributed by atoms with van der Waals surface area (Å²) in [5.41, 5.74) is 7.62. The molecule has 0 aliphatic heterocycles. The van der Waals surface area contributed by atoms with Crippen molar-refractivity contribution >= 4 is 17.3 Å². The van der Waals surface area contributed by atoms with Crippen LogP contribution in [0.1, 0.15) is 48.0 Å². The Balaban J connectivity index is 2.22. The summed E-state index contributed by atoms with van der Waals surface area (Å²) in [6.45, 7) is 1.79. The number of aliphatic hydroxyl groups excluding tert-OH is 1. The van der Waals surface area contributed by atoms with Crippen LogP contribution in [0, 0.1) is 6.92 Å². The van der Waals surface area contributed by atoms with Gasteiger partial charge < -0.3 is 21.3 Å². The Labute approximate surface area is 118 Å². The molecule has 1 aliphatic rings. The maximum atomic E-state index is 11.2. The van der Waals surface area contributed by atoms with Crippen LogP contribution in [0.3, 0.4) is 0 Å². The van der Waals surface area contributed by atoms with Crippen molar-refractivity contribution in [2.24, 2.45) is 0 Å². The number of aryl methyl sites for hydroxylation is 1. The predicted octanol–water partition coefficient (Wildman–Crippen LogP) is 2.38. The lowest BCUT2D eigenvalue weighted by atomic mass is 10.0. The first kappa shape index (κ1) is 14.7. The minimum Gasteiger partial charge on any atom is -0.478 e. The standard InChI is InChI=1S/C15H22N2O3/c1-9-7-10(8-11(14(9)16)15(19)20)17-12-5-3-2-4-6-13(12)18/h7-8,12-13,17-18H,2-6,16H2,1H3,(H,19,20). The van der Waals surface area contributed by atoms with Crippen LogP contribution in [0.4, 0.5) is 11.4 Å². The van der Waals surface area contributed by atoms with E-state index < -0.39 is 5.97 Å². The van der Waals surface area contributed by atoms with Gasteiger partial charge in [0, 0.05) is 11.4 Å². The van der Waals surface area contributed by atoms with Gasteiger partial charge in [0.1, 0.15) is 0 Å². The van der Waals surface area contributed by atoms with Crippen LogP contribution in [0.15, 0.2) is 12.1 Å². The predicted molar refractivity (Wildman–Crippen MR) is 79.1 cm³/mol. The van der Waals surface area contributed by atoms with Crippen LogP contribution >= 0.6 is 0 Å². The third-order valence-corrected chi connectivity index (χ3v) is 3.95. The van der Waals surface area contributed by atoms with Gasteiger partial charge in [-0.3, -0.25) is 0 Å². The minimum absolute atomic E-state index is 0.0258. The summed E-state index contributed by atoms with van der Waals surface area (Å²) in [7, 11) is 0. The molecule has 0 heterocycles.